The fourth-order valence-electron chi connectivity index (χ4n) is 7.48. The molecule has 0 radical (unpaired) electrons. The number of carbonyl (C=O) groups is 3. The Hall–Kier alpha value is -3.46. The van der Waals surface area contributed by atoms with E-state index in [0.717, 1.165) is 0 Å². The van der Waals surface area contributed by atoms with Gasteiger partial charge in [0.05, 0.1) is 40.8 Å². The van der Waals surface area contributed by atoms with E-state index in [4.69, 9.17) is 16.3 Å². The molecule has 0 aliphatic carbocycles. The normalized spacial score (nSPS) is 28.1. The molecule has 6 atom stereocenters. The van der Waals surface area contributed by atoms with Crippen molar-refractivity contribution in [3.63, 3.8) is 0 Å². The number of carbonyl (C=O) groups excluding carboxylic acids is 3. The maximum Gasteiger partial charge on any atom is 0.253 e. The van der Waals surface area contributed by atoms with Gasteiger partial charge in [0, 0.05) is 18.8 Å². The van der Waals surface area contributed by atoms with E-state index in [1.165, 1.54) is 9.80 Å². The van der Waals surface area contributed by atoms with Gasteiger partial charge in [-0.15, -0.1) is 13.2 Å². The summed E-state index contributed by atoms with van der Waals surface area (Å²) in [6.07, 6.45) is 4.19. The van der Waals surface area contributed by atoms with E-state index in [2.05, 4.69) is 13.2 Å². The van der Waals surface area contributed by atoms with E-state index >= 15 is 0 Å². The number of likely N-dealkylation sites (tertiary alicyclic amines) is 1. The molecule has 2 aromatic carbocycles. The van der Waals surface area contributed by atoms with Crippen molar-refractivity contribution >= 4 is 40.7 Å². The van der Waals surface area contributed by atoms with Crippen molar-refractivity contribution in [2.75, 3.05) is 29.5 Å². The van der Waals surface area contributed by atoms with Crippen LogP contribution in [0.3, 0.4) is 0 Å². The molecule has 3 aliphatic rings. The first-order valence-electron chi connectivity index (χ1n) is 14.8. The van der Waals surface area contributed by atoms with Crippen molar-refractivity contribution in [1.29, 1.82) is 0 Å². The van der Waals surface area contributed by atoms with Crippen LogP contribution in [0.25, 0.3) is 0 Å². The van der Waals surface area contributed by atoms with E-state index in [1.807, 2.05) is 51.1 Å². The van der Waals surface area contributed by atoms with Crippen molar-refractivity contribution in [2.24, 2.45) is 17.8 Å². The number of nitrogens with zero attached hydrogens (tertiary/aromatic N) is 3. The van der Waals surface area contributed by atoms with Crippen LogP contribution in [0.4, 0.5) is 11.4 Å². The second-order valence-electron chi connectivity index (χ2n) is 12.2. The van der Waals surface area contributed by atoms with Gasteiger partial charge < -0.3 is 24.5 Å². The average molecular weight is 606 g/mol. The summed E-state index contributed by atoms with van der Waals surface area (Å²) < 4.78 is 6.85. The molecule has 0 aromatic heterocycles. The highest BCUT2D eigenvalue weighted by atomic mass is 35.5. The van der Waals surface area contributed by atoms with Crippen LogP contribution in [0.5, 0.6) is 0 Å². The summed E-state index contributed by atoms with van der Waals surface area (Å²) >= 11 is 6.57. The molecule has 1 N–H and O–H groups in total. The van der Waals surface area contributed by atoms with Crippen LogP contribution in [0.1, 0.15) is 33.6 Å². The standard InChI is InChI=1S/C34H40ClN3O5/c1-6-19-36(23-13-9-8-10-14-23)30(40)27-28-31(41)38(26(21-39)22(3)4)29(34(28)18-17-33(27,5)43-34)32(42)37(20-7-2)25-16-12-11-15-24(25)35/h6-16,22,26-29,39H,1-2,17-21H2,3-5H3/t26-,27+,28-,29?,33-,34?/m0/s1. The highest BCUT2D eigenvalue weighted by Crippen LogP contribution is 2.64. The lowest BCUT2D eigenvalue weighted by Crippen LogP contribution is -2.60. The van der Waals surface area contributed by atoms with Gasteiger partial charge in [-0.1, -0.05) is 67.9 Å². The molecule has 3 amide bonds. The highest BCUT2D eigenvalue weighted by molar-refractivity contribution is 6.34. The topological polar surface area (TPSA) is 90.4 Å². The number of fused-ring (bicyclic) bond motifs is 1. The number of hydrogen-bond acceptors (Lipinski definition) is 5. The number of rotatable bonds is 11. The zero-order valence-electron chi connectivity index (χ0n) is 25.0. The maximum atomic E-state index is 14.8. The quantitative estimate of drug-likeness (QED) is 0.370. The van der Waals surface area contributed by atoms with Crippen molar-refractivity contribution < 1.29 is 24.2 Å². The smallest absolute Gasteiger partial charge is 0.253 e. The van der Waals surface area contributed by atoms with Gasteiger partial charge in [0.25, 0.3) is 5.91 Å². The van der Waals surface area contributed by atoms with Crippen LogP contribution in [0.15, 0.2) is 79.9 Å². The van der Waals surface area contributed by atoms with Gasteiger partial charge >= 0.3 is 0 Å². The maximum absolute atomic E-state index is 14.8. The van der Waals surface area contributed by atoms with E-state index in [9.17, 15) is 19.5 Å². The molecule has 5 rings (SSSR count). The monoisotopic (exact) mass is 605 g/mol. The minimum absolute atomic E-state index is 0.147. The zero-order valence-corrected chi connectivity index (χ0v) is 25.7. The minimum atomic E-state index is -1.26. The fraction of sp³-hybridized carbons (Fsp3) is 0.441. The van der Waals surface area contributed by atoms with Crippen molar-refractivity contribution in [1.82, 2.24) is 4.90 Å². The molecule has 8 nitrogen and oxygen atoms in total. The molecule has 3 fully saturated rings. The Kier molecular flexibility index (Phi) is 8.58. The summed E-state index contributed by atoms with van der Waals surface area (Å²) in [4.78, 5) is 48.7. The van der Waals surface area contributed by atoms with E-state index in [1.54, 1.807) is 41.3 Å². The minimum Gasteiger partial charge on any atom is -0.394 e. The van der Waals surface area contributed by atoms with Crippen LogP contribution in [0.2, 0.25) is 5.02 Å². The number of amides is 3. The molecule has 0 saturated carbocycles. The van der Waals surface area contributed by atoms with Crippen LogP contribution in [0, 0.1) is 17.8 Å². The predicted molar refractivity (Wildman–Crippen MR) is 168 cm³/mol. The Balaban J connectivity index is 1.65. The third kappa shape index (κ3) is 4.89. The summed E-state index contributed by atoms with van der Waals surface area (Å²) in [5, 5.41) is 10.9. The molecule has 2 aromatic rings. The van der Waals surface area contributed by atoms with Crippen LogP contribution < -0.4 is 9.80 Å². The predicted octanol–water partition coefficient (Wildman–Crippen LogP) is 4.86. The van der Waals surface area contributed by atoms with Gasteiger partial charge in [-0.25, -0.2) is 0 Å². The number of benzene rings is 2. The summed E-state index contributed by atoms with van der Waals surface area (Å²) in [6, 6.07) is 14.6. The largest absolute Gasteiger partial charge is 0.394 e. The molecule has 9 heteroatoms. The second kappa shape index (κ2) is 11.9. The van der Waals surface area contributed by atoms with Gasteiger partial charge in [0.1, 0.15) is 11.6 Å². The van der Waals surface area contributed by atoms with E-state index in [-0.39, 0.29) is 43.3 Å². The van der Waals surface area contributed by atoms with Gasteiger partial charge in [0.15, 0.2) is 0 Å². The van der Waals surface area contributed by atoms with Crippen LogP contribution in [-0.2, 0) is 19.1 Å². The van der Waals surface area contributed by atoms with Gasteiger partial charge in [-0.2, -0.15) is 0 Å². The Morgan fingerprint density at radius 2 is 1.67 bits per heavy atom. The molecule has 43 heavy (non-hydrogen) atoms. The molecular formula is C34H40ClN3O5. The molecular weight excluding hydrogens is 566 g/mol. The van der Waals surface area contributed by atoms with Gasteiger partial charge in [0.2, 0.25) is 11.8 Å². The number of anilines is 2. The molecule has 1 spiro atoms. The Bertz CT molecular complexity index is 1420. The second-order valence-corrected chi connectivity index (χ2v) is 12.6. The summed E-state index contributed by atoms with van der Waals surface area (Å²) in [7, 11) is 0. The first kappa shape index (κ1) is 31.0. The van der Waals surface area contributed by atoms with Gasteiger partial charge in [-0.05, 0) is 49.9 Å². The third-order valence-electron chi connectivity index (χ3n) is 9.39. The summed E-state index contributed by atoms with van der Waals surface area (Å²) in [5.41, 5.74) is -1.05. The van der Waals surface area contributed by atoms with Crippen LogP contribution >= 0.6 is 11.6 Å². The summed E-state index contributed by atoms with van der Waals surface area (Å²) in [6.45, 7) is 13.5. The first-order valence-corrected chi connectivity index (χ1v) is 15.2. The molecule has 2 bridgehead atoms. The van der Waals surface area contributed by atoms with E-state index in [0.29, 0.717) is 29.2 Å². The van der Waals surface area contributed by atoms with Crippen molar-refractivity contribution in [3.05, 3.63) is 84.9 Å². The lowest BCUT2D eigenvalue weighted by Gasteiger charge is -2.40. The first-order chi connectivity index (χ1) is 20.6. The zero-order chi connectivity index (χ0) is 31.1. The average Bonchev–Trinajstić information content (AvgIpc) is 3.56. The van der Waals surface area contributed by atoms with E-state index < -0.39 is 35.1 Å². The number of hydrogen-bond donors (Lipinski definition) is 1. The fourth-order valence-corrected chi connectivity index (χ4v) is 7.72. The molecule has 2 unspecified atom stereocenters. The number of para-hydroxylation sites is 2. The van der Waals surface area contributed by atoms with Crippen molar-refractivity contribution in [3.8, 4) is 0 Å². The third-order valence-corrected chi connectivity index (χ3v) is 9.71. The SMILES string of the molecule is C=CCN(C(=O)[C@H]1[C@H]2C(=O)N([C@@H](CO)C(C)C)C(C(=O)N(CC=C)c3ccccc3Cl)C23CC[C@]1(C)O3)c1ccccc1. The molecule has 3 saturated heterocycles. The summed E-state index contributed by atoms with van der Waals surface area (Å²) in [5.74, 6) is -2.90. The Morgan fingerprint density at radius 1 is 1.05 bits per heavy atom. The Morgan fingerprint density at radius 3 is 2.28 bits per heavy atom. The lowest BCUT2D eigenvalue weighted by atomic mass is 9.66. The molecule has 228 valence electrons. The Labute approximate surface area is 258 Å². The van der Waals surface area contributed by atoms with Crippen molar-refractivity contribution in [2.45, 2.75) is 56.9 Å². The number of aliphatic hydroxyl groups is 1. The lowest BCUT2D eigenvalue weighted by molar-refractivity contribution is -0.149. The van der Waals surface area contributed by atoms with Gasteiger partial charge in [-0.3, -0.25) is 14.4 Å². The number of halogens is 1. The number of aliphatic hydroxyl groups excluding tert-OH is 1. The van der Waals surface area contributed by atoms with Crippen LogP contribution in [-0.4, -0.2) is 70.7 Å². The number of ether oxygens (including phenoxy) is 1. The molecule has 3 aliphatic heterocycles. The molecule has 3 heterocycles. The highest BCUT2D eigenvalue weighted by Gasteiger charge is 2.79.